The van der Waals surface area contributed by atoms with Crippen LogP contribution >= 0.6 is 11.3 Å². The monoisotopic (exact) mass is 395 g/mol. The van der Waals surface area contributed by atoms with E-state index in [4.69, 9.17) is 4.74 Å². The van der Waals surface area contributed by atoms with Crippen molar-refractivity contribution in [2.75, 3.05) is 0 Å². The minimum Gasteiger partial charge on any atom is -0.488 e. The number of aliphatic hydroxyl groups excluding tert-OH is 1. The van der Waals surface area contributed by atoms with Crippen LogP contribution in [0.4, 0.5) is 5.69 Å². The minimum absolute atomic E-state index is 0.0433. The van der Waals surface area contributed by atoms with E-state index in [1.807, 2.05) is 61.7 Å². The maximum absolute atomic E-state index is 9.21. The molecule has 1 heterocycles. The third-order valence-corrected chi connectivity index (χ3v) is 4.98. The van der Waals surface area contributed by atoms with Crippen molar-refractivity contribution in [2.24, 2.45) is 10.9 Å². The van der Waals surface area contributed by atoms with Gasteiger partial charge in [-0.15, -0.1) is 11.3 Å². The van der Waals surface area contributed by atoms with Crippen LogP contribution in [-0.2, 0) is 13.2 Å². The van der Waals surface area contributed by atoms with E-state index in [0.29, 0.717) is 12.5 Å². The summed E-state index contributed by atoms with van der Waals surface area (Å²) in [5.41, 5.74) is 3.44. The van der Waals surface area contributed by atoms with Crippen LogP contribution in [0.3, 0.4) is 0 Å². The molecule has 28 heavy (non-hydrogen) atoms. The van der Waals surface area contributed by atoms with E-state index in [9.17, 15) is 5.11 Å². The van der Waals surface area contributed by atoms with E-state index in [2.05, 4.69) is 37.9 Å². The number of hydrogen-bond acceptors (Lipinski definition) is 4. The van der Waals surface area contributed by atoms with Crippen molar-refractivity contribution in [3.63, 3.8) is 0 Å². The molecule has 2 aromatic carbocycles. The van der Waals surface area contributed by atoms with Crippen LogP contribution in [0.15, 0.2) is 65.7 Å². The summed E-state index contributed by atoms with van der Waals surface area (Å²) in [6.45, 7) is 8.92. The molecule has 0 bridgehead atoms. The van der Waals surface area contributed by atoms with Gasteiger partial charge in [-0.3, -0.25) is 4.99 Å². The highest BCUT2D eigenvalue weighted by molar-refractivity contribution is 7.12. The summed E-state index contributed by atoms with van der Waals surface area (Å²) >= 11 is 1.58. The van der Waals surface area contributed by atoms with Gasteiger partial charge in [0.2, 0.25) is 0 Å². The minimum atomic E-state index is 0.0433. The van der Waals surface area contributed by atoms with Crippen LogP contribution in [0.25, 0.3) is 0 Å². The first-order valence-electron chi connectivity index (χ1n) is 9.46. The lowest BCUT2D eigenvalue weighted by Crippen LogP contribution is -1.98. The molecule has 0 saturated heterocycles. The Balaban J connectivity index is 0.000000221. The van der Waals surface area contributed by atoms with Crippen molar-refractivity contribution >= 4 is 23.2 Å². The Kier molecular flexibility index (Phi) is 8.92. The molecule has 0 aliphatic heterocycles. The van der Waals surface area contributed by atoms with Gasteiger partial charge >= 0.3 is 0 Å². The number of hydrogen-bond donors (Lipinski definition) is 1. The number of rotatable bonds is 6. The van der Waals surface area contributed by atoms with Gasteiger partial charge in [0.25, 0.3) is 0 Å². The molecule has 0 spiro atoms. The van der Waals surface area contributed by atoms with Crippen molar-refractivity contribution in [3.05, 3.63) is 81.5 Å². The average Bonchev–Trinajstić information content (AvgIpc) is 3.07. The van der Waals surface area contributed by atoms with Crippen LogP contribution in [0, 0.1) is 19.8 Å². The number of thiophene rings is 1. The molecule has 1 N–H and O–H groups in total. The smallest absolute Gasteiger partial charge is 0.136 e. The average molecular weight is 396 g/mol. The van der Waals surface area contributed by atoms with Crippen molar-refractivity contribution in [1.82, 2.24) is 0 Å². The lowest BCUT2D eigenvalue weighted by molar-refractivity contribution is 0.263. The number of aliphatic imine (C=N–C) groups is 1. The fourth-order valence-corrected chi connectivity index (χ4v) is 3.29. The molecule has 0 radical (unpaired) electrons. The van der Waals surface area contributed by atoms with Gasteiger partial charge in [-0.25, -0.2) is 0 Å². The summed E-state index contributed by atoms with van der Waals surface area (Å²) in [6.07, 6.45) is 1.95. The van der Waals surface area contributed by atoms with Crippen molar-refractivity contribution in [1.29, 1.82) is 0 Å². The highest BCUT2D eigenvalue weighted by atomic mass is 32.1. The first-order chi connectivity index (χ1) is 13.5. The van der Waals surface area contributed by atoms with Gasteiger partial charge in [-0.1, -0.05) is 56.3 Å². The first kappa shape index (κ1) is 21.9. The van der Waals surface area contributed by atoms with Crippen LogP contribution < -0.4 is 4.74 Å². The van der Waals surface area contributed by atoms with Crippen molar-refractivity contribution in [2.45, 2.75) is 40.9 Å². The van der Waals surface area contributed by atoms with Crippen LogP contribution in [0.1, 0.15) is 34.7 Å². The Bertz CT molecular complexity index is 869. The topological polar surface area (TPSA) is 41.8 Å². The molecule has 0 atom stereocenters. The van der Waals surface area contributed by atoms with E-state index in [-0.39, 0.29) is 6.61 Å². The fraction of sp³-hybridized carbons (Fsp3) is 0.292. The van der Waals surface area contributed by atoms with Gasteiger partial charge in [0.15, 0.2) is 0 Å². The normalized spacial score (nSPS) is 10.8. The van der Waals surface area contributed by atoms with Gasteiger partial charge < -0.3 is 9.84 Å². The molecule has 3 rings (SSSR count). The number of aryl methyl sites for hydroxylation is 2. The number of nitrogens with zero attached hydrogens (tertiary/aromatic N) is 1. The lowest BCUT2D eigenvalue weighted by atomic mass is 10.1. The molecular formula is C24H29NO2S. The van der Waals surface area contributed by atoms with E-state index < -0.39 is 0 Å². The molecule has 4 heteroatoms. The fourth-order valence-electron chi connectivity index (χ4n) is 2.45. The summed E-state index contributed by atoms with van der Waals surface area (Å²) in [6, 6.07) is 20.1. The van der Waals surface area contributed by atoms with Crippen LogP contribution in [-0.4, -0.2) is 11.3 Å². The van der Waals surface area contributed by atoms with Gasteiger partial charge in [0.1, 0.15) is 12.4 Å². The molecule has 0 saturated carbocycles. The molecule has 3 aromatic rings. The SMILES string of the molecule is CC(C)C=Nc1ccccc1.Cc1cc(OCc2ccccc2C)c(CO)s1. The van der Waals surface area contributed by atoms with Gasteiger partial charge in [0.05, 0.1) is 17.2 Å². The zero-order valence-electron chi connectivity index (χ0n) is 17.1. The third kappa shape index (κ3) is 7.29. The second-order valence-corrected chi connectivity index (χ2v) is 8.22. The Morgan fingerprint density at radius 1 is 1.04 bits per heavy atom. The highest BCUT2D eigenvalue weighted by Crippen LogP contribution is 2.29. The second-order valence-electron chi connectivity index (χ2n) is 6.88. The van der Waals surface area contributed by atoms with Crippen LogP contribution in [0.2, 0.25) is 0 Å². The maximum Gasteiger partial charge on any atom is 0.136 e. The molecule has 3 nitrogen and oxygen atoms in total. The second kappa shape index (κ2) is 11.4. The Morgan fingerprint density at radius 2 is 1.71 bits per heavy atom. The van der Waals surface area contributed by atoms with E-state index in [0.717, 1.165) is 21.2 Å². The third-order valence-electron chi connectivity index (χ3n) is 3.96. The Morgan fingerprint density at radius 3 is 2.36 bits per heavy atom. The highest BCUT2D eigenvalue weighted by Gasteiger charge is 2.08. The summed E-state index contributed by atoms with van der Waals surface area (Å²) in [7, 11) is 0. The first-order valence-corrected chi connectivity index (χ1v) is 10.3. The molecule has 0 aliphatic rings. The maximum atomic E-state index is 9.21. The standard InChI is InChI=1S/C14H16O2S.C10H13N/c1-10-5-3-4-6-12(10)9-16-13-7-11(2)17-14(13)8-15;1-9(2)8-11-10-6-4-3-5-7-10/h3-7,15H,8-9H2,1-2H3;3-9H,1-2H3. The van der Waals surface area contributed by atoms with Crippen molar-refractivity contribution < 1.29 is 9.84 Å². The lowest BCUT2D eigenvalue weighted by Gasteiger charge is -2.08. The molecule has 0 unspecified atom stereocenters. The van der Waals surface area contributed by atoms with E-state index in [1.54, 1.807) is 11.3 Å². The summed E-state index contributed by atoms with van der Waals surface area (Å²) in [5.74, 6) is 1.33. The zero-order chi connectivity index (χ0) is 20.4. The number of para-hydroxylation sites is 1. The van der Waals surface area contributed by atoms with E-state index >= 15 is 0 Å². The molecular weight excluding hydrogens is 366 g/mol. The van der Waals surface area contributed by atoms with E-state index in [1.165, 1.54) is 11.1 Å². The molecule has 0 aliphatic carbocycles. The van der Waals surface area contributed by atoms with Gasteiger partial charge in [0, 0.05) is 11.1 Å². The largest absolute Gasteiger partial charge is 0.488 e. The number of ether oxygens (including phenoxy) is 1. The number of benzene rings is 2. The van der Waals surface area contributed by atoms with Crippen LogP contribution in [0.5, 0.6) is 5.75 Å². The summed E-state index contributed by atoms with van der Waals surface area (Å²) in [4.78, 5) is 6.34. The predicted octanol–water partition coefficient (Wildman–Crippen LogP) is 6.48. The Labute approximate surface area is 172 Å². The predicted molar refractivity (Wildman–Crippen MR) is 120 cm³/mol. The van der Waals surface area contributed by atoms with Gasteiger partial charge in [-0.2, -0.15) is 0 Å². The zero-order valence-corrected chi connectivity index (χ0v) is 17.9. The molecule has 0 amide bonds. The summed E-state index contributed by atoms with van der Waals surface area (Å²) < 4.78 is 5.77. The summed E-state index contributed by atoms with van der Waals surface area (Å²) in [5, 5.41) is 9.21. The molecule has 0 fully saturated rings. The quantitative estimate of drug-likeness (QED) is 0.485. The van der Waals surface area contributed by atoms with Crippen molar-refractivity contribution in [3.8, 4) is 5.75 Å². The molecule has 148 valence electrons. The Hall–Kier alpha value is -2.43. The number of aliphatic hydroxyl groups is 1. The van der Waals surface area contributed by atoms with Gasteiger partial charge in [-0.05, 0) is 49.1 Å². The molecule has 1 aromatic heterocycles.